The maximum absolute atomic E-state index is 10.3. The quantitative estimate of drug-likeness (QED) is 0.746. The van der Waals surface area contributed by atoms with Crippen molar-refractivity contribution in [2.45, 2.75) is 53.6 Å². The van der Waals surface area contributed by atoms with Gasteiger partial charge in [-0.05, 0) is 41.3 Å². The molecule has 1 unspecified atom stereocenters. The van der Waals surface area contributed by atoms with Crippen LogP contribution < -0.4 is 5.32 Å². The van der Waals surface area contributed by atoms with Gasteiger partial charge >= 0.3 is 0 Å². The fourth-order valence-corrected chi connectivity index (χ4v) is 2.85. The molecular formula is C19H33NO. The molecular weight excluding hydrogens is 258 g/mol. The molecule has 0 fully saturated rings. The molecule has 0 aliphatic rings. The number of nitrogens with one attached hydrogen (secondary N) is 1. The van der Waals surface area contributed by atoms with Gasteiger partial charge in [0.05, 0.1) is 6.10 Å². The van der Waals surface area contributed by atoms with Gasteiger partial charge in [-0.15, -0.1) is 0 Å². The average Bonchev–Trinajstić information content (AvgIpc) is 2.42. The van der Waals surface area contributed by atoms with Crippen LogP contribution in [0.2, 0.25) is 0 Å². The lowest BCUT2D eigenvalue weighted by molar-refractivity contribution is 0.166. The van der Waals surface area contributed by atoms with E-state index in [0.29, 0.717) is 30.2 Å². The zero-order chi connectivity index (χ0) is 16.0. The Bertz CT molecular complexity index is 387. The van der Waals surface area contributed by atoms with Gasteiger partial charge in [0.2, 0.25) is 0 Å². The fraction of sp³-hybridized carbons (Fsp3) is 0.684. The Kier molecular flexibility index (Phi) is 7.41. The molecule has 0 saturated carbocycles. The second-order valence-electron chi connectivity index (χ2n) is 7.15. The molecule has 120 valence electrons. The van der Waals surface area contributed by atoms with Gasteiger partial charge < -0.3 is 10.4 Å². The van der Waals surface area contributed by atoms with Gasteiger partial charge in [0.1, 0.15) is 0 Å². The summed E-state index contributed by atoms with van der Waals surface area (Å²) in [4.78, 5) is 0. The van der Waals surface area contributed by atoms with E-state index >= 15 is 0 Å². The molecule has 0 heterocycles. The number of aliphatic hydroxyl groups excluding tert-OH is 1. The summed E-state index contributed by atoms with van der Waals surface area (Å²) < 4.78 is 0. The van der Waals surface area contributed by atoms with E-state index in [9.17, 15) is 5.11 Å². The van der Waals surface area contributed by atoms with Crippen LogP contribution >= 0.6 is 0 Å². The van der Waals surface area contributed by atoms with Crippen LogP contribution in [0.3, 0.4) is 0 Å². The van der Waals surface area contributed by atoms with Crippen LogP contribution in [0.25, 0.3) is 0 Å². The molecule has 0 spiro atoms. The van der Waals surface area contributed by atoms with E-state index in [1.165, 1.54) is 5.56 Å². The first kappa shape index (κ1) is 18.2. The third kappa shape index (κ3) is 5.80. The Morgan fingerprint density at radius 2 is 1.29 bits per heavy atom. The summed E-state index contributed by atoms with van der Waals surface area (Å²) in [5, 5.41) is 13.7. The van der Waals surface area contributed by atoms with Crippen molar-refractivity contribution in [2.75, 3.05) is 13.1 Å². The van der Waals surface area contributed by atoms with Crippen molar-refractivity contribution in [2.24, 2.45) is 17.8 Å². The van der Waals surface area contributed by atoms with Crippen molar-refractivity contribution >= 4 is 0 Å². The monoisotopic (exact) mass is 291 g/mol. The summed E-state index contributed by atoms with van der Waals surface area (Å²) in [6, 6.07) is 8.33. The first-order valence-corrected chi connectivity index (χ1v) is 8.31. The second-order valence-corrected chi connectivity index (χ2v) is 7.15. The third-order valence-electron chi connectivity index (χ3n) is 4.42. The number of rotatable bonds is 8. The zero-order valence-corrected chi connectivity index (χ0v) is 14.6. The zero-order valence-electron chi connectivity index (χ0n) is 14.6. The third-order valence-corrected chi connectivity index (χ3v) is 4.42. The molecule has 2 heteroatoms. The van der Waals surface area contributed by atoms with E-state index in [4.69, 9.17) is 0 Å². The van der Waals surface area contributed by atoms with Gasteiger partial charge in [-0.25, -0.2) is 0 Å². The number of hydrogen-bond acceptors (Lipinski definition) is 2. The van der Waals surface area contributed by atoms with Gasteiger partial charge in [-0.2, -0.15) is 0 Å². The highest BCUT2D eigenvalue weighted by atomic mass is 16.3. The van der Waals surface area contributed by atoms with E-state index in [1.54, 1.807) is 0 Å². The molecule has 21 heavy (non-hydrogen) atoms. The lowest BCUT2D eigenvalue weighted by Gasteiger charge is -2.26. The normalized spacial score (nSPS) is 13.7. The van der Waals surface area contributed by atoms with Crippen LogP contribution in [0.5, 0.6) is 0 Å². The molecule has 0 aromatic heterocycles. The van der Waals surface area contributed by atoms with Crippen LogP contribution in [0.4, 0.5) is 0 Å². The van der Waals surface area contributed by atoms with Gasteiger partial charge in [0, 0.05) is 6.54 Å². The van der Waals surface area contributed by atoms with Crippen molar-refractivity contribution in [1.82, 2.24) is 5.32 Å². The van der Waals surface area contributed by atoms with Crippen LogP contribution in [0, 0.1) is 17.8 Å². The molecule has 0 amide bonds. The predicted octanol–water partition coefficient (Wildman–Crippen LogP) is 4.36. The number of benzene rings is 1. The highest BCUT2D eigenvalue weighted by molar-refractivity contribution is 5.26. The Balaban J connectivity index is 2.48. The Labute approximate surface area is 131 Å². The smallest absolute Gasteiger partial charge is 0.0914 e. The number of aliphatic hydroxyl groups is 1. The van der Waals surface area contributed by atoms with Gasteiger partial charge in [0.25, 0.3) is 0 Å². The first-order chi connectivity index (χ1) is 9.82. The molecule has 1 aromatic rings. The molecule has 2 nitrogen and oxygen atoms in total. The molecule has 0 bridgehead atoms. The molecule has 1 rings (SSSR count). The summed E-state index contributed by atoms with van der Waals surface area (Å²) in [7, 11) is 0. The minimum absolute atomic E-state index is 0.425. The van der Waals surface area contributed by atoms with Gasteiger partial charge in [0.15, 0.2) is 0 Å². The van der Waals surface area contributed by atoms with Crippen molar-refractivity contribution in [1.29, 1.82) is 0 Å². The van der Waals surface area contributed by atoms with Crippen LogP contribution in [-0.4, -0.2) is 18.2 Å². The Hall–Kier alpha value is -0.860. The van der Waals surface area contributed by atoms with Crippen molar-refractivity contribution in [3.8, 4) is 0 Å². The average molecular weight is 291 g/mol. The molecule has 0 aliphatic carbocycles. The van der Waals surface area contributed by atoms with Gasteiger partial charge in [-0.3, -0.25) is 0 Å². The van der Waals surface area contributed by atoms with Crippen LogP contribution in [0.1, 0.15) is 64.7 Å². The van der Waals surface area contributed by atoms with E-state index in [1.807, 2.05) is 12.1 Å². The molecule has 1 aromatic carbocycles. The number of hydrogen-bond donors (Lipinski definition) is 2. The van der Waals surface area contributed by atoms with Crippen molar-refractivity contribution in [3.05, 3.63) is 35.4 Å². The summed E-state index contributed by atoms with van der Waals surface area (Å²) in [5.74, 6) is 2.52. The lowest BCUT2D eigenvalue weighted by atomic mass is 9.85. The summed E-state index contributed by atoms with van der Waals surface area (Å²) in [6.45, 7) is 15.0. The highest BCUT2D eigenvalue weighted by Gasteiger charge is 2.17. The first-order valence-electron chi connectivity index (χ1n) is 8.31. The highest BCUT2D eigenvalue weighted by Crippen LogP contribution is 2.21. The minimum atomic E-state index is -0.425. The molecule has 0 saturated heterocycles. The lowest BCUT2D eigenvalue weighted by Crippen LogP contribution is -2.32. The van der Waals surface area contributed by atoms with E-state index in [-0.39, 0.29) is 0 Å². The maximum atomic E-state index is 10.3. The van der Waals surface area contributed by atoms with Crippen molar-refractivity contribution in [3.63, 3.8) is 0 Å². The molecule has 0 radical (unpaired) electrons. The maximum Gasteiger partial charge on any atom is 0.0914 e. The second kappa shape index (κ2) is 8.55. The standard InChI is InChI=1S/C19H33NO/c1-13(2)16-7-9-17(10-8-16)19(21)12-20-11-18(14(3)4)15(5)6/h7-10,13-15,18-21H,11-12H2,1-6H3. The largest absolute Gasteiger partial charge is 0.387 e. The van der Waals surface area contributed by atoms with Gasteiger partial charge in [-0.1, -0.05) is 65.8 Å². The van der Waals surface area contributed by atoms with Crippen LogP contribution in [-0.2, 0) is 0 Å². The Morgan fingerprint density at radius 3 is 1.71 bits per heavy atom. The Morgan fingerprint density at radius 1 is 0.810 bits per heavy atom. The SMILES string of the molecule is CC(C)c1ccc(C(O)CNCC(C(C)C)C(C)C)cc1. The molecule has 0 aliphatic heterocycles. The van der Waals surface area contributed by atoms with E-state index < -0.39 is 6.10 Å². The summed E-state index contributed by atoms with van der Waals surface area (Å²) in [5.41, 5.74) is 2.32. The molecule has 1 atom stereocenters. The molecule has 2 N–H and O–H groups in total. The predicted molar refractivity (Wildman–Crippen MR) is 91.5 cm³/mol. The summed E-state index contributed by atoms with van der Waals surface area (Å²) in [6.07, 6.45) is -0.425. The van der Waals surface area contributed by atoms with Crippen molar-refractivity contribution < 1.29 is 5.11 Å². The van der Waals surface area contributed by atoms with Crippen LogP contribution in [0.15, 0.2) is 24.3 Å². The van der Waals surface area contributed by atoms with E-state index in [2.05, 4.69) is 59.0 Å². The summed E-state index contributed by atoms with van der Waals surface area (Å²) >= 11 is 0. The van der Waals surface area contributed by atoms with E-state index in [0.717, 1.165) is 12.1 Å². The minimum Gasteiger partial charge on any atom is -0.387 e. The fourth-order valence-electron chi connectivity index (χ4n) is 2.85. The topological polar surface area (TPSA) is 32.3 Å².